The summed E-state index contributed by atoms with van der Waals surface area (Å²) in [6.45, 7) is 0. The van der Waals surface area contributed by atoms with E-state index in [1.54, 1.807) is 5.32 Å². The van der Waals surface area contributed by atoms with Gasteiger partial charge in [-0.1, -0.05) is 24.3 Å². The molecule has 2 aromatic rings. The number of nitro groups is 1. The van der Waals surface area contributed by atoms with Gasteiger partial charge in [-0.25, -0.2) is 0 Å². The van der Waals surface area contributed by atoms with Crippen LogP contribution in [0.5, 0.6) is 0 Å². The van der Waals surface area contributed by atoms with Gasteiger partial charge in [-0.2, -0.15) is 13.2 Å². The third-order valence-electron chi connectivity index (χ3n) is 3.82. The van der Waals surface area contributed by atoms with E-state index in [1.165, 1.54) is 48.5 Å². The zero-order valence-corrected chi connectivity index (χ0v) is 13.8. The Bertz CT molecular complexity index is 808. The van der Waals surface area contributed by atoms with Crippen molar-refractivity contribution in [3.05, 3.63) is 69.8 Å². The normalized spacial score (nSPS) is 13.7. The minimum atomic E-state index is -4.98. The Labute approximate surface area is 151 Å². The minimum Gasteiger partial charge on any atom is -0.391 e. The largest absolute Gasteiger partial charge is 0.471 e. The van der Waals surface area contributed by atoms with Crippen molar-refractivity contribution in [1.82, 2.24) is 0 Å². The molecule has 1 amide bonds. The molecule has 0 aliphatic carbocycles. The van der Waals surface area contributed by atoms with E-state index >= 15 is 0 Å². The summed E-state index contributed by atoms with van der Waals surface area (Å²) in [5, 5.41) is 22.6. The van der Waals surface area contributed by atoms with Gasteiger partial charge in [0.25, 0.3) is 5.69 Å². The monoisotopic (exact) mass is 383 g/mol. The Balaban J connectivity index is 1.99. The van der Waals surface area contributed by atoms with E-state index in [0.717, 1.165) is 0 Å². The molecule has 7 nitrogen and oxygen atoms in total. The fraction of sp³-hybridized carbons (Fsp3) is 0.235. The number of non-ortho nitro benzene ring substituents is 1. The predicted molar refractivity (Wildman–Crippen MR) is 90.9 cm³/mol. The number of carbonyl (C=O) groups excluding carboxylic acids is 1. The molecular weight excluding hydrogens is 367 g/mol. The standard InChI is InChI=1S/C17H16F3N3O4/c18-17(19,20)16(25)22-12-5-1-10(2-6-12)9-14(24)15(21)11-3-7-13(8-4-11)23(26)27/h1-8,14-15,24H,9,21H2,(H,22,25). The molecule has 144 valence electrons. The van der Waals surface area contributed by atoms with Crippen LogP contribution in [0.25, 0.3) is 0 Å². The first-order valence-corrected chi connectivity index (χ1v) is 7.73. The Hall–Kier alpha value is -2.98. The molecular formula is C17H16F3N3O4. The Morgan fingerprint density at radius 2 is 1.70 bits per heavy atom. The lowest BCUT2D eigenvalue weighted by molar-refractivity contribution is -0.384. The van der Waals surface area contributed by atoms with E-state index in [-0.39, 0.29) is 17.8 Å². The number of aliphatic hydroxyl groups is 1. The van der Waals surface area contributed by atoms with Crippen LogP contribution in [-0.2, 0) is 11.2 Å². The van der Waals surface area contributed by atoms with Gasteiger partial charge in [-0.05, 0) is 23.3 Å². The van der Waals surface area contributed by atoms with Crippen molar-refractivity contribution in [2.75, 3.05) is 5.32 Å². The van der Waals surface area contributed by atoms with Crippen LogP contribution in [0.3, 0.4) is 0 Å². The van der Waals surface area contributed by atoms with Crippen molar-refractivity contribution < 1.29 is 28.0 Å². The molecule has 0 saturated heterocycles. The molecule has 10 heteroatoms. The maximum absolute atomic E-state index is 12.2. The van der Waals surface area contributed by atoms with Gasteiger partial charge in [-0.15, -0.1) is 0 Å². The molecule has 2 atom stereocenters. The van der Waals surface area contributed by atoms with Crippen molar-refractivity contribution in [3.8, 4) is 0 Å². The molecule has 0 saturated carbocycles. The number of nitrogens with zero attached hydrogens (tertiary/aromatic N) is 1. The van der Waals surface area contributed by atoms with E-state index in [1.807, 2.05) is 0 Å². The van der Waals surface area contributed by atoms with Crippen LogP contribution in [0, 0.1) is 10.1 Å². The molecule has 0 bridgehead atoms. The third kappa shape index (κ3) is 5.50. The maximum Gasteiger partial charge on any atom is 0.471 e. The number of nitrogens with one attached hydrogen (secondary N) is 1. The molecule has 0 aliphatic heterocycles. The van der Waals surface area contributed by atoms with Gasteiger partial charge >= 0.3 is 12.1 Å². The molecule has 0 aliphatic rings. The topological polar surface area (TPSA) is 118 Å². The number of aliphatic hydroxyl groups excluding tert-OH is 1. The van der Waals surface area contributed by atoms with Crippen LogP contribution in [0.4, 0.5) is 24.5 Å². The summed E-state index contributed by atoms with van der Waals surface area (Å²) in [6, 6.07) is 10.1. The Morgan fingerprint density at radius 3 is 2.19 bits per heavy atom. The lowest BCUT2D eigenvalue weighted by Gasteiger charge is -2.19. The van der Waals surface area contributed by atoms with Gasteiger partial charge in [-0.3, -0.25) is 14.9 Å². The highest BCUT2D eigenvalue weighted by molar-refractivity contribution is 5.94. The van der Waals surface area contributed by atoms with Crippen LogP contribution < -0.4 is 11.1 Å². The van der Waals surface area contributed by atoms with Gasteiger partial charge in [0, 0.05) is 24.2 Å². The van der Waals surface area contributed by atoms with Crippen molar-refractivity contribution >= 4 is 17.3 Å². The first kappa shape index (κ1) is 20.3. The Morgan fingerprint density at radius 1 is 1.15 bits per heavy atom. The molecule has 2 rings (SSSR count). The third-order valence-corrected chi connectivity index (χ3v) is 3.82. The molecule has 4 N–H and O–H groups in total. The van der Waals surface area contributed by atoms with Crippen LogP contribution in [0.2, 0.25) is 0 Å². The quantitative estimate of drug-likeness (QED) is 0.524. The number of hydrogen-bond donors (Lipinski definition) is 3. The number of alkyl halides is 3. The van der Waals surface area contributed by atoms with E-state index < -0.39 is 29.2 Å². The highest BCUT2D eigenvalue weighted by Gasteiger charge is 2.38. The molecule has 0 heterocycles. The molecule has 2 unspecified atom stereocenters. The molecule has 27 heavy (non-hydrogen) atoms. The van der Waals surface area contributed by atoms with Gasteiger partial charge in [0.1, 0.15) is 0 Å². The van der Waals surface area contributed by atoms with Crippen LogP contribution in [0.15, 0.2) is 48.5 Å². The lowest BCUT2D eigenvalue weighted by Crippen LogP contribution is -2.30. The number of carbonyl (C=O) groups is 1. The highest BCUT2D eigenvalue weighted by atomic mass is 19.4. The van der Waals surface area contributed by atoms with E-state index in [0.29, 0.717) is 11.1 Å². The lowest BCUT2D eigenvalue weighted by atomic mass is 9.96. The second kappa shape index (κ2) is 8.14. The molecule has 0 aromatic heterocycles. The first-order chi connectivity index (χ1) is 12.6. The number of halogens is 3. The molecule has 0 fully saturated rings. The number of rotatable bonds is 6. The number of benzene rings is 2. The summed E-state index contributed by atoms with van der Waals surface area (Å²) in [4.78, 5) is 21.0. The molecule has 0 spiro atoms. The van der Waals surface area contributed by atoms with Crippen LogP contribution in [0.1, 0.15) is 17.2 Å². The SMILES string of the molecule is NC(c1ccc([N+](=O)[O-])cc1)C(O)Cc1ccc(NC(=O)C(F)(F)F)cc1. The maximum atomic E-state index is 12.2. The van der Waals surface area contributed by atoms with Crippen LogP contribution >= 0.6 is 0 Å². The number of nitrogens with two attached hydrogens (primary N) is 1. The predicted octanol–water partition coefficient (Wildman–Crippen LogP) is 2.70. The zero-order valence-electron chi connectivity index (χ0n) is 13.8. The Kier molecular flexibility index (Phi) is 6.13. The van der Waals surface area contributed by atoms with Gasteiger partial charge < -0.3 is 16.2 Å². The average Bonchev–Trinajstić information content (AvgIpc) is 2.62. The number of nitro benzene ring substituents is 1. The van der Waals surface area contributed by atoms with Crippen molar-refractivity contribution in [1.29, 1.82) is 0 Å². The smallest absolute Gasteiger partial charge is 0.391 e. The summed E-state index contributed by atoms with van der Waals surface area (Å²) in [5.74, 6) is -2.07. The highest BCUT2D eigenvalue weighted by Crippen LogP contribution is 2.22. The first-order valence-electron chi connectivity index (χ1n) is 7.73. The van der Waals surface area contributed by atoms with Gasteiger partial charge in [0.2, 0.25) is 0 Å². The van der Waals surface area contributed by atoms with E-state index in [9.17, 15) is 33.2 Å². The fourth-order valence-electron chi connectivity index (χ4n) is 2.33. The van der Waals surface area contributed by atoms with Crippen molar-refractivity contribution in [3.63, 3.8) is 0 Å². The summed E-state index contributed by atoms with van der Waals surface area (Å²) in [7, 11) is 0. The number of hydrogen-bond acceptors (Lipinski definition) is 5. The van der Waals surface area contributed by atoms with Crippen LogP contribution in [-0.4, -0.2) is 28.2 Å². The van der Waals surface area contributed by atoms with Crippen molar-refractivity contribution in [2.24, 2.45) is 5.73 Å². The van der Waals surface area contributed by atoms with Gasteiger partial charge in [0.15, 0.2) is 0 Å². The van der Waals surface area contributed by atoms with E-state index in [2.05, 4.69) is 0 Å². The second-order valence-electron chi connectivity index (χ2n) is 5.79. The van der Waals surface area contributed by atoms with E-state index in [4.69, 9.17) is 5.73 Å². The molecule has 2 aromatic carbocycles. The molecule has 0 radical (unpaired) electrons. The average molecular weight is 383 g/mol. The zero-order chi connectivity index (χ0) is 20.2. The second-order valence-corrected chi connectivity index (χ2v) is 5.79. The number of amides is 1. The fourth-order valence-corrected chi connectivity index (χ4v) is 2.33. The summed E-state index contributed by atoms with van der Waals surface area (Å²) in [6.07, 6.45) is -5.90. The summed E-state index contributed by atoms with van der Waals surface area (Å²) >= 11 is 0. The summed E-state index contributed by atoms with van der Waals surface area (Å²) in [5.41, 5.74) is 6.91. The number of anilines is 1. The minimum absolute atomic E-state index is 0.0322. The van der Waals surface area contributed by atoms with Gasteiger partial charge in [0.05, 0.1) is 17.1 Å². The summed E-state index contributed by atoms with van der Waals surface area (Å²) < 4.78 is 36.6. The van der Waals surface area contributed by atoms with Crippen molar-refractivity contribution in [2.45, 2.75) is 24.7 Å².